The minimum Gasteiger partial charge on any atom is -0.375 e. The van der Waals surface area contributed by atoms with Crippen LogP contribution in [0.5, 0.6) is 0 Å². The first-order valence-electron chi connectivity index (χ1n) is 7.01. The molecule has 0 radical (unpaired) electrons. The van der Waals surface area contributed by atoms with E-state index in [9.17, 15) is 0 Å². The lowest BCUT2D eigenvalue weighted by molar-refractivity contribution is 0.656. The number of aryl methyl sites for hydroxylation is 1. The number of anilines is 1. The summed E-state index contributed by atoms with van der Waals surface area (Å²) in [4.78, 5) is 8.96. The molecular formula is C16H16N4. The lowest BCUT2D eigenvalue weighted by Crippen LogP contribution is -2.13. The maximum Gasteiger partial charge on any atom is 0.132 e. The maximum atomic E-state index is 4.79. The molecule has 1 aliphatic rings. The van der Waals surface area contributed by atoms with Gasteiger partial charge >= 0.3 is 0 Å². The normalized spacial score (nSPS) is 17.1. The van der Waals surface area contributed by atoms with Crippen molar-refractivity contribution in [2.75, 3.05) is 5.32 Å². The molecule has 0 saturated carbocycles. The van der Waals surface area contributed by atoms with Gasteiger partial charge < -0.3 is 9.88 Å². The van der Waals surface area contributed by atoms with Gasteiger partial charge in [-0.15, -0.1) is 0 Å². The van der Waals surface area contributed by atoms with Crippen LogP contribution in [-0.4, -0.2) is 14.5 Å². The predicted octanol–water partition coefficient (Wildman–Crippen LogP) is 3.16. The number of pyridine rings is 1. The second-order valence-corrected chi connectivity index (χ2v) is 5.14. The van der Waals surface area contributed by atoms with Crippen LogP contribution in [0.3, 0.4) is 0 Å². The Morgan fingerprint density at radius 3 is 3.05 bits per heavy atom. The molecule has 0 fully saturated rings. The van der Waals surface area contributed by atoms with Crippen LogP contribution in [0.4, 0.5) is 5.69 Å². The first kappa shape index (κ1) is 11.5. The van der Waals surface area contributed by atoms with Crippen molar-refractivity contribution in [2.45, 2.75) is 25.9 Å². The van der Waals surface area contributed by atoms with Gasteiger partial charge in [0.05, 0.1) is 17.8 Å². The molecule has 1 atom stereocenters. The van der Waals surface area contributed by atoms with E-state index in [2.05, 4.69) is 46.1 Å². The Hall–Kier alpha value is -2.36. The van der Waals surface area contributed by atoms with E-state index in [0.717, 1.165) is 29.8 Å². The van der Waals surface area contributed by atoms with Gasteiger partial charge in [0.2, 0.25) is 0 Å². The number of nitrogens with zero attached hydrogens (tertiary/aromatic N) is 3. The summed E-state index contributed by atoms with van der Waals surface area (Å²) >= 11 is 0. The van der Waals surface area contributed by atoms with Gasteiger partial charge in [-0.25, -0.2) is 4.98 Å². The molecule has 1 N–H and O–H groups in total. The summed E-state index contributed by atoms with van der Waals surface area (Å²) in [5.41, 5.74) is 4.73. The number of hydrogen-bond acceptors (Lipinski definition) is 3. The lowest BCUT2D eigenvalue weighted by atomic mass is 10.1. The molecule has 1 aromatic carbocycles. The molecule has 3 aromatic rings. The molecule has 4 nitrogen and oxygen atoms in total. The summed E-state index contributed by atoms with van der Waals surface area (Å²) in [5.74, 6) is 1.10. The highest BCUT2D eigenvalue weighted by Crippen LogP contribution is 2.34. The number of rotatable bonds is 2. The highest BCUT2D eigenvalue weighted by Gasteiger charge is 2.26. The minimum absolute atomic E-state index is 0.250. The van der Waals surface area contributed by atoms with Crippen LogP contribution < -0.4 is 5.32 Å². The molecule has 100 valence electrons. The van der Waals surface area contributed by atoms with Crippen LogP contribution in [0.2, 0.25) is 0 Å². The summed E-state index contributed by atoms with van der Waals surface area (Å²) in [7, 11) is 0. The van der Waals surface area contributed by atoms with E-state index >= 15 is 0 Å². The van der Waals surface area contributed by atoms with Gasteiger partial charge in [0.1, 0.15) is 11.3 Å². The minimum atomic E-state index is 0.250. The molecule has 0 bridgehead atoms. The first-order chi connectivity index (χ1) is 9.86. The van der Waals surface area contributed by atoms with Gasteiger partial charge in [-0.1, -0.05) is 18.2 Å². The summed E-state index contributed by atoms with van der Waals surface area (Å²) in [6.45, 7) is 3.08. The van der Waals surface area contributed by atoms with Crippen molar-refractivity contribution in [1.29, 1.82) is 0 Å². The van der Waals surface area contributed by atoms with Crippen molar-refractivity contribution >= 4 is 16.7 Å². The zero-order valence-electron chi connectivity index (χ0n) is 11.4. The van der Waals surface area contributed by atoms with Gasteiger partial charge in [0, 0.05) is 24.8 Å². The molecule has 3 heterocycles. The molecular weight excluding hydrogens is 248 g/mol. The number of aromatic nitrogens is 3. The van der Waals surface area contributed by atoms with E-state index < -0.39 is 0 Å². The fourth-order valence-corrected chi connectivity index (χ4v) is 3.05. The van der Waals surface area contributed by atoms with Crippen molar-refractivity contribution < 1.29 is 0 Å². The number of benzene rings is 1. The quantitative estimate of drug-likeness (QED) is 0.773. The Morgan fingerprint density at radius 2 is 2.20 bits per heavy atom. The highest BCUT2D eigenvalue weighted by molar-refractivity contribution is 5.75. The Morgan fingerprint density at radius 1 is 1.30 bits per heavy atom. The number of nitrogens with one attached hydrogen (secondary N) is 1. The second-order valence-electron chi connectivity index (χ2n) is 5.14. The zero-order valence-corrected chi connectivity index (χ0v) is 11.4. The maximum absolute atomic E-state index is 4.79. The summed E-state index contributed by atoms with van der Waals surface area (Å²) < 4.78 is 2.28. The van der Waals surface area contributed by atoms with Crippen molar-refractivity contribution in [2.24, 2.45) is 0 Å². The van der Waals surface area contributed by atoms with E-state index in [1.165, 1.54) is 11.3 Å². The molecule has 0 aliphatic carbocycles. The monoisotopic (exact) mass is 264 g/mol. The predicted molar refractivity (Wildman–Crippen MR) is 79.7 cm³/mol. The topological polar surface area (TPSA) is 42.7 Å². The molecule has 20 heavy (non-hydrogen) atoms. The molecule has 4 rings (SSSR count). The molecule has 1 unspecified atom stereocenters. The molecule has 4 heteroatoms. The van der Waals surface area contributed by atoms with Crippen LogP contribution >= 0.6 is 0 Å². The number of imidazole rings is 1. The fourth-order valence-electron chi connectivity index (χ4n) is 3.05. The Balaban J connectivity index is 1.80. The molecule has 1 aliphatic heterocycles. The average Bonchev–Trinajstić information content (AvgIpc) is 3.07. The third-order valence-corrected chi connectivity index (χ3v) is 3.98. The number of para-hydroxylation sites is 1. The van der Waals surface area contributed by atoms with Gasteiger partial charge in [0.15, 0.2) is 0 Å². The van der Waals surface area contributed by atoms with E-state index in [0.29, 0.717) is 0 Å². The van der Waals surface area contributed by atoms with Crippen LogP contribution in [0, 0.1) is 0 Å². The Bertz CT molecular complexity index is 750. The smallest absolute Gasteiger partial charge is 0.132 e. The molecule has 0 amide bonds. The van der Waals surface area contributed by atoms with Crippen LogP contribution in [-0.2, 0) is 13.0 Å². The molecule has 2 aromatic heterocycles. The van der Waals surface area contributed by atoms with Crippen molar-refractivity contribution in [3.8, 4) is 0 Å². The van der Waals surface area contributed by atoms with Crippen LogP contribution in [0.1, 0.15) is 24.4 Å². The third-order valence-electron chi connectivity index (χ3n) is 3.98. The van der Waals surface area contributed by atoms with Crippen LogP contribution in [0.15, 0.2) is 42.7 Å². The van der Waals surface area contributed by atoms with E-state index in [4.69, 9.17) is 4.98 Å². The fraction of sp³-hybridized carbons (Fsp3) is 0.250. The van der Waals surface area contributed by atoms with E-state index in [-0.39, 0.29) is 6.04 Å². The summed E-state index contributed by atoms with van der Waals surface area (Å²) in [5, 5.41) is 3.58. The highest BCUT2D eigenvalue weighted by atomic mass is 15.1. The van der Waals surface area contributed by atoms with Gasteiger partial charge in [-0.05, 0) is 24.6 Å². The molecule has 0 spiro atoms. The Kier molecular flexibility index (Phi) is 2.49. The third kappa shape index (κ3) is 1.61. The summed E-state index contributed by atoms with van der Waals surface area (Å²) in [6.07, 6.45) is 4.66. The average molecular weight is 264 g/mol. The summed E-state index contributed by atoms with van der Waals surface area (Å²) in [6, 6.07) is 10.8. The Labute approximate surface area is 117 Å². The van der Waals surface area contributed by atoms with E-state index in [1.807, 2.05) is 18.5 Å². The lowest BCUT2D eigenvalue weighted by Gasteiger charge is -2.13. The van der Waals surface area contributed by atoms with Gasteiger partial charge in [0.25, 0.3) is 0 Å². The van der Waals surface area contributed by atoms with Crippen molar-refractivity contribution in [3.05, 3.63) is 54.1 Å². The first-order valence-corrected chi connectivity index (χ1v) is 7.01. The largest absolute Gasteiger partial charge is 0.375 e. The zero-order chi connectivity index (χ0) is 13.5. The van der Waals surface area contributed by atoms with Crippen molar-refractivity contribution in [3.63, 3.8) is 0 Å². The van der Waals surface area contributed by atoms with Gasteiger partial charge in [-0.2, -0.15) is 0 Å². The molecule has 0 saturated heterocycles. The second kappa shape index (κ2) is 4.34. The van der Waals surface area contributed by atoms with Crippen LogP contribution in [0.25, 0.3) is 11.0 Å². The number of hydrogen-bond donors (Lipinski definition) is 1. The SMILES string of the molecule is CCn1c(C2Cc3ccccc3N2)nc2cnccc21. The standard InChI is InChI=1S/C16H16N4/c1-2-20-15-7-8-17-10-14(15)19-16(20)13-9-11-5-3-4-6-12(11)18-13/h3-8,10,13,18H,2,9H2,1H3. The number of fused-ring (bicyclic) bond motifs is 2. The van der Waals surface area contributed by atoms with E-state index in [1.54, 1.807) is 0 Å². The van der Waals surface area contributed by atoms with Crippen molar-refractivity contribution in [1.82, 2.24) is 14.5 Å². The van der Waals surface area contributed by atoms with Gasteiger partial charge in [-0.3, -0.25) is 4.98 Å².